The van der Waals surface area contributed by atoms with Crippen LogP contribution in [0.1, 0.15) is 27.9 Å². The number of carbonyl (C=O) groups excluding carboxylic acids is 2. The maximum absolute atomic E-state index is 13.1. The number of hydrogen-bond acceptors (Lipinski definition) is 7. The predicted octanol–water partition coefficient (Wildman–Crippen LogP) is 1.83. The van der Waals surface area contributed by atoms with Crippen molar-refractivity contribution < 1.29 is 32.2 Å². The minimum absolute atomic E-state index is 0.0179. The quantitative estimate of drug-likeness (QED) is 0.512. The van der Waals surface area contributed by atoms with Crippen LogP contribution in [0.15, 0.2) is 36.4 Å². The number of ether oxygens (including phenoxy) is 3. The van der Waals surface area contributed by atoms with E-state index < -0.39 is 21.8 Å². The molecule has 0 unspecified atom stereocenters. The SMILES string of the molecule is COc1ccc(CCNC(=O)[C@H](CCS(C)(=O)=O)N2Cc3ccccc3C2=O)c(OC)c1OC. The van der Waals surface area contributed by atoms with Gasteiger partial charge in [0.2, 0.25) is 11.7 Å². The fraction of sp³-hybridized carbons (Fsp3) is 0.417. The highest BCUT2D eigenvalue weighted by Gasteiger charge is 2.36. The van der Waals surface area contributed by atoms with Crippen LogP contribution in [0.4, 0.5) is 0 Å². The number of carbonyl (C=O) groups is 2. The lowest BCUT2D eigenvalue weighted by Gasteiger charge is -2.27. The number of nitrogens with zero attached hydrogens (tertiary/aromatic N) is 1. The monoisotopic (exact) mass is 490 g/mol. The first-order valence-corrected chi connectivity index (χ1v) is 12.9. The Labute approximate surface area is 199 Å². The Bertz CT molecular complexity index is 1160. The van der Waals surface area contributed by atoms with Crippen LogP contribution in [-0.2, 0) is 27.6 Å². The van der Waals surface area contributed by atoms with E-state index in [4.69, 9.17) is 14.2 Å². The molecule has 2 aromatic carbocycles. The Kier molecular flexibility index (Phi) is 8.03. The van der Waals surface area contributed by atoms with E-state index in [0.717, 1.165) is 17.4 Å². The summed E-state index contributed by atoms with van der Waals surface area (Å²) in [6.45, 7) is 0.523. The lowest BCUT2D eigenvalue weighted by molar-refractivity contribution is -0.125. The maximum atomic E-state index is 13.1. The van der Waals surface area contributed by atoms with E-state index in [-0.39, 0.29) is 31.2 Å². The number of amides is 2. The normalized spacial score (nSPS) is 13.9. The molecule has 1 atom stereocenters. The van der Waals surface area contributed by atoms with Crippen LogP contribution in [0.25, 0.3) is 0 Å². The van der Waals surface area contributed by atoms with E-state index in [2.05, 4.69) is 5.32 Å². The van der Waals surface area contributed by atoms with Gasteiger partial charge in [0.05, 0.1) is 27.1 Å². The van der Waals surface area contributed by atoms with Crippen LogP contribution in [0, 0.1) is 0 Å². The molecule has 0 saturated carbocycles. The van der Waals surface area contributed by atoms with E-state index in [1.807, 2.05) is 18.2 Å². The molecular formula is C24H30N2O7S. The molecule has 0 radical (unpaired) electrons. The molecule has 34 heavy (non-hydrogen) atoms. The fourth-order valence-corrected chi connectivity index (χ4v) is 4.73. The van der Waals surface area contributed by atoms with Gasteiger partial charge in [-0.3, -0.25) is 9.59 Å². The summed E-state index contributed by atoms with van der Waals surface area (Å²) in [7, 11) is 1.26. The van der Waals surface area contributed by atoms with Gasteiger partial charge in [0.15, 0.2) is 11.5 Å². The largest absolute Gasteiger partial charge is 0.493 e. The zero-order chi connectivity index (χ0) is 24.9. The van der Waals surface area contributed by atoms with Crippen molar-refractivity contribution in [2.24, 2.45) is 0 Å². The molecule has 1 aliphatic rings. The first kappa shape index (κ1) is 25.4. The van der Waals surface area contributed by atoms with E-state index >= 15 is 0 Å². The number of hydrogen-bond donors (Lipinski definition) is 1. The van der Waals surface area contributed by atoms with Crippen molar-refractivity contribution in [3.8, 4) is 17.2 Å². The number of nitrogens with one attached hydrogen (secondary N) is 1. The smallest absolute Gasteiger partial charge is 0.255 e. The molecule has 9 nitrogen and oxygen atoms in total. The number of benzene rings is 2. The average molecular weight is 491 g/mol. The van der Waals surface area contributed by atoms with Gasteiger partial charge in [-0.25, -0.2) is 8.42 Å². The van der Waals surface area contributed by atoms with Crippen molar-refractivity contribution in [1.29, 1.82) is 0 Å². The maximum Gasteiger partial charge on any atom is 0.255 e. The van der Waals surface area contributed by atoms with Crippen LogP contribution in [0.2, 0.25) is 0 Å². The van der Waals surface area contributed by atoms with Crippen LogP contribution >= 0.6 is 0 Å². The fourth-order valence-electron chi connectivity index (χ4n) is 4.08. The highest BCUT2D eigenvalue weighted by Crippen LogP contribution is 2.39. The molecular weight excluding hydrogens is 460 g/mol. The van der Waals surface area contributed by atoms with Crippen LogP contribution < -0.4 is 19.5 Å². The molecule has 2 amide bonds. The summed E-state index contributed by atoms with van der Waals surface area (Å²) in [6.07, 6.45) is 1.57. The molecule has 1 aliphatic heterocycles. The Morgan fingerprint density at radius 1 is 1.06 bits per heavy atom. The number of fused-ring (bicyclic) bond motifs is 1. The van der Waals surface area contributed by atoms with Gasteiger partial charge in [0.1, 0.15) is 15.9 Å². The highest BCUT2D eigenvalue weighted by molar-refractivity contribution is 7.90. The summed E-state index contributed by atoms with van der Waals surface area (Å²) in [6, 6.07) is 9.83. The molecule has 3 rings (SSSR count). The predicted molar refractivity (Wildman–Crippen MR) is 127 cm³/mol. The molecule has 0 spiro atoms. The third-order valence-corrected chi connectivity index (χ3v) is 6.75. The van der Waals surface area contributed by atoms with E-state index in [0.29, 0.717) is 29.2 Å². The molecule has 0 aromatic heterocycles. The number of rotatable bonds is 11. The van der Waals surface area contributed by atoms with Gasteiger partial charge in [-0.05, 0) is 30.5 Å². The molecule has 0 bridgehead atoms. The van der Waals surface area contributed by atoms with Crippen molar-refractivity contribution in [2.75, 3.05) is 39.9 Å². The number of sulfone groups is 1. The minimum Gasteiger partial charge on any atom is -0.493 e. The molecule has 184 valence electrons. The van der Waals surface area contributed by atoms with Crippen LogP contribution in [0.5, 0.6) is 17.2 Å². The van der Waals surface area contributed by atoms with Crippen molar-refractivity contribution in [3.05, 3.63) is 53.1 Å². The van der Waals surface area contributed by atoms with Gasteiger partial charge in [-0.1, -0.05) is 24.3 Å². The molecule has 10 heteroatoms. The summed E-state index contributed by atoms with van der Waals surface area (Å²) in [5.41, 5.74) is 2.16. The topological polar surface area (TPSA) is 111 Å². The van der Waals surface area contributed by atoms with Crippen molar-refractivity contribution >= 4 is 21.7 Å². The Morgan fingerprint density at radius 3 is 2.38 bits per heavy atom. The summed E-state index contributed by atoms with van der Waals surface area (Å²) in [5, 5.41) is 2.85. The van der Waals surface area contributed by atoms with Gasteiger partial charge in [0.25, 0.3) is 5.91 Å². The van der Waals surface area contributed by atoms with Crippen LogP contribution in [-0.4, -0.2) is 71.1 Å². The second-order valence-corrected chi connectivity index (χ2v) is 10.3. The molecule has 1 N–H and O–H groups in total. The standard InChI is InChI=1S/C24H30N2O7S/c1-31-20-10-9-16(21(32-2)22(20)33-3)11-13-25-23(27)19(12-14-34(4,29)30)26-15-17-7-5-6-8-18(17)24(26)28/h5-10,19H,11-15H2,1-4H3,(H,25,27)/t19-/m0/s1. The molecule has 0 saturated heterocycles. The summed E-state index contributed by atoms with van der Waals surface area (Å²) >= 11 is 0. The van der Waals surface area contributed by atoms with Gasteiger partial charge in [-0.15, -0.1) is 0 Å². The highest BCUT2D eigenvalue weighted by atomic mass is 32.2. The molecule has 0 aliphatic carbocycles. The van der Waals surface area contributed by atoms with Crippen molar-refractivity contribution in [2.45, 2.75) is 25.4 Å². The van der Waals surface area contributed by atoms with Gasteiger partial charge in [0, 0.05) is 30.5 Å². The van der Waals surface area contributed by atoms with Gasteiger partial charge in [-0.2, -0.15) is 0 Å². The third-order valence-electron chi connectivity index (χ3n) is 5.77. The van der Waals surface area contributed by atoms with Crippen LogP contribution in [0.3, 0.4) is 0 Å². The van der Waals surface area contributed by atoms with E-state index in [1.54, 1.807) is 18.2 Å². The number of methoxy groups -OCH3 is 3. The average Bonchev–Trinajstić information content (AvgIpc) is 3.14. The van der Waals surface area contributed by atoms with Crippen molar-refractivity contribution in [1.82, 2.24) is 10.2 Å². The Morgan fingerprint density at radius 2 is 1.76 bits per heavy atom. The van der Waals surface area contributed by atoms with Crippen molar-refractivity contribution in [3.63, 3.8) is 0 Å². The molecule has 0 fully saturated rings. The Hall–Kier alpha value is -3.27. The lowest BCUT2D eigenvalue weighted by Crippen LogP contribution is -2.48. The second kappa shape index (κ2) is 10.8. The Balaban J connectivity index is 1.74. The lowest BCUT2D eigenvalue weighted by atomic mass is 10.1. The zero-order valence-corrected chi connectivity index (χ0v) is 20.6. The van der Waals surface area contributed by atoms with Gasteiger partial charge >= 0.3 is 0 Å². The molecule has 2 aromatic rings. The van der Waals surface area contributed by atoms with Gasteiger partial charge < -0.3 is 24.4 Å². The second-order valence-electron chi connectivity index (χ2n) is 8.06. The first-order valence-electron chi connectivity index (χ1n) is 10.8. The minimum atomic E-state index is -3.31. The summed E-state index contributed by atoms with van der Waals surface area (Å²) < 4.78 is 39.7. The summed E-state index contributed by atoms with van der Waals surface area (Å²) in [5.74, 6) is 0.625. The van der Waals surface area contributed by atoms with E-state index in [9.17, 15) is 18.0 Å². The first-order chi connectivity index (χ1) is 16.2. The molecule has 1 heterocycles. The third kappa shape index (κ3) is 5.61. The zero-order valence-electron chi connectivity index (χ0n) is 19.8. The summed E-state index contributed by atoms with van der Waals surface area (Å²) in [4.78, 5) is 27.5. The van der Waals surface area contributed by atoms with E-state index in [1.165, 1.54) is 26.2 Å².